The maximum absolute atomic E-state index is 12.7. The van der Waals surface area contributed by atoms with Gasteiger partial charge in [-0.15, -0.1) is 0 Å². The van der Waals surface area contributed by atoms with Crippen LogP contribution in [0.3, 0.4) is 0 Å². The van der Waals surface area contributed by atoms with E-state index >= 15 is 0 Å². The van der Waals surface area contributed by atoms with Crippen LogP contribution in [-0.4, -0.2) is 17.9 Å². The third kappa shape index (κ3) is 5.26. The van der Waals surface area contributed by atoms with Gasteiger partial charge in [-0.2, -0.15) is 0 Å². The Balaban J connectivity index is 1.66. The SMILES string of the molecule is Cc1cccc(OC(C)C(=O)Nc2ccccc2C(=O)NCc2ccccc2)c1C. The van der Waals surface area contributed by atoms with Gasteiger partial charge in [0, 0.05) is 6.54 Å². The highest BCUT2D eigenvalue weighted by molar-refractivity contribution is 6.04. The van der Waals surface area contributed by atoms with E-state index in [0.29, 0.717) is 23.5 Å². The summed E-state index contributed by atoms with van der Waals surface area (Å²) in [5.74, 6) is 0.101. The first-order valence-corrected chi connectivity index (χ1v) is 9.90. The fraction of sp³-hybridized carbons (Fsp3) is 0.200. The quantitative estimate of drug-likeness (QED) is 0.605. The smallest absolute Gasteiger partial charge is 0.265 e. The molecule has 5 nitrogen and oxygen atoms in total. The van der Waals surface area contributed by atoms with Gasteiger partial charge in [-0.1, -0.05) is 54.6 Å². The van der Waals surface area contributed by atoms with E-state index in [1.165, 1.54) is 0 Å². The van der Waals surface area contributed by atoms with E-state index in [2.05, 4.69) is 10.6 Å². The maximum atomic E-state index is 12.7. The Morgan fingerprint density at radius 2 is 1.60 bits per heavy atom. The van der Waals surface area contributed by atoms with Crippen molar-refractivity contribution in [2.24, 2.45) is 0 Å². The van der Waals surface area contributed by atoms with Crippen molar-refractivity contribution < 1.29 is 14.3 Å². The number of carbonyl (C=O) groups is 2. The Morgan fingerprint density at radius 3 is 2.37 bits per heavy atom. The molecule has 0 bridgehead atoms. The average Bonchev–Trinajstić information content (AvgIpc) is 2.76. The molecule has 3 rings (SSSR count). The number of benzene rings is 3. The summed E-state index contributed by atoms with van der Waals surface area (Å²) < 4.78 is 5.85. The zero-order chi connectivity index (χ0) is 21.5. The number of rotatable bonds is 7. The van der Waals surface area contributed by atoms with Crippen molar-refractivity contribution in [3.63, 3.8) is 0 Å². The third-order valence-electron chi connectivity index (χ3n) is 4.95. The highest BCUT2D eigenvalue weighted by atomic mass is 16.5. The molecule has 0 aliphatic carbocycles. The van der Waals surface area contributed by atoms with E-state index < -0.39 is 6.10 Å². The van der Waals surface area contributed by atoms with Crippen molar-refractivity contribution in [3.8, 4) is 5.75 Å². The number of hydrogen-bond acceptors (Lipinski definition) is 3. The monoisotopic (exact) mass is 402 g/mol. The molecule has 3 aromatic carbocycles. The molecule has 2 amide bonds. The lowest BCUT2D eigenvalue weighted by molar-refractivity contribution is -0.122. The molecule has 0 fully saturated rings. The Labute approximate surface area is 177 Å². The minimum Gasteiger partial charge on any atom is -0.481 e. The van der Waals surface area contributed by atoms with Crippen LogP contribution in [0.15, 0.2) is 72.8 Å². The number of amides is 2. The predicted octanol–water partition coefficient (Wildman–Crippen LogP) is 4.64. The summed E-state index contributed by atoms with van der Waals surface area (Å²) in [5.41, 5.74) is 3.95. The topological polar surface area (TPSA) is 67.4 Å². The molecular weight excluding hydrogens is 376 g/mol. The fourth-order valence-corrected chi connectivity index (χ4v) is 2.99. The van der Waals surface area contributed by atoms with Gasteiger partial charge in [0.15, 0.2) is 6.10 Å². The summed E-state index contributed by atoms with van der Waals surface area (Å²) >= 11 is 0. The number of carbonyl (C=O) groups excluding carboxylic acids is 2. The number of aryl methyl sites for hydroxylation is 1. The minimum absolute atomic E-state index is 0.252. The number of para-hydroxylation sites is 1. The average molecular weight is 402 g/mol. The second-order valence-electron chi connectivity index (χ2n) is 7.16. The van der Waals surface area contributed by atoms with E-state index in [9.17, 15) is 9.59 Å². The van der Waals surface area contributed by atoms with E-state index in [-0.39, 0.29) is 11.8 Å². The zero-order valence-corrected chi connectivity index (χ0v) is 17.4. The zero-order valence-electron chi connectivity index (χ0n) is 17.4. The molecule has 0 radical (unpaired) electrons. The van der Waals surface area contributed by atoms with E-state index in [1.54, 1.807) is 31.2 Å². The second kappa shape index (κ2) is 9.74. The van der Waals surface area contributed by atoms with Crippen molar-refractivity contribution in [2.45, 2.75) is 33.4 Å². The second-order valence-corrected chi connectivity index (χ2v) is 7.16. The van der Waals surface area contributed by atoms with Crippen molar-refractivity contribution >= 4 is 17.5 Å². The molecule has 154 valence electrons. The summed E-state index contributed by atoms with van der Waals surface area (Å²) in [6.07, 6.45) is -0.717. The molecule has 1 atom stereocenters. The Bertz CT molecular complexity index is 1030. The Kier molecular flexibility index (Phi) is 6.86. The van der Waals surface area contributed by atoms with Gasteiger partial charge in [0.2, 0.25) is 0 Å². The molecule has 0 spiro atoms. The standard InChI is InChI=1S/C25H26N2O3/c1-17-10-9-15-23(18(17)2)30-19(3)24(28)27-22-14-8-7-13-21(22)25(29)26-16-20-11-5-4-6-12-20/h4-15,19H,16H2,1-3H3,(H,26,29)(H,27,28). The summed E-state index contributed by atoms with van der Waals surface area (Å²) in [6.45, 7) is 6.06. The number of ether oxygens (including phenoxy) is 1. The van der Waals surface area contributed by atoms with Gasteiger partial charge in [-0.25, -0.2) is 0 Å². The summed E-state index contributed by atoms with van der Waals surface area (Å²) in [6, 6.07) is 22.3. The van der Waals surface area contributed by atoms with Crippen molar-refractivity contribution in [2.75, 3.05) is 5.32 Å². The lowest BCUT2D eigenvalue weighted by atomic mass is 10.1. The van der Waals surface area contributed by atoms with Gasteiger partial charge in [0.25, 0.3) is 11.8 Å². The maximum Gasteiger partial charge on any atom is 0.265 e. The van der Waals surface area contributed by atoms with Gasteiger partial charge in [-0.3, -0.25) is 9.59 Å². The largest absolute Gasteiger partial charge is 0.481 e. The van der Waals surface area contributed by atoms with Gasteiger partial charge in [-0.05, 0) is 55.7 Å². The van der Waals surface area contributed by atoms with E-state index in [1.807, 2.05) is 62.4 Å². The van der Waals surface area contributed by atoms with E-state index in [0.717, 1.165) is 16.7 Å². The van der Waals surface area contributed by atoms with Crippen LogP contribution in [0.1, 0.15) is 34.0 Å². The Morgan fingerprint density at radius 1 is 0.900 bits per heavy atom. The highest BCUT2D eigenvalue weighted by Gasteiger charge is 2.19. The van der Waals surface area contributed by atoms with Gasteiger partial charge < -0.3 is 15.4 Å². The Hall–Kier alpha value is -3.60. The van der Waals surface area contributed by atoms with Gasteiger partial charge in [0.05, 0.1) is 11.3 Å². The van der Waals surface area contributed by atoms with Crippen LogP contribution in [0.2, 0.25) is 0 Å². The van der Waals surface area contributed by atoms with Crippen LogP contribution in [0.25, 0.3) is 0 Å². The third-order valence-corrected chi connectivity index (χ3v) is 4.95. The summed E-state index contributed by atoms with van der Waals surface area (Å²) in [5, 5.41) is 5.71. The predicted molar refractivity (Wildman–Crippen MR) is 119 cm³/mol. The molecule has 30 heavy (non-hydrogen) atoms. The summed E-state index contributed by atoms with van der Waals surface area (Å²) in [4.78, 5) is 25.4. The van der Waals surface area contributed by atoms with Crippen LogP contribution >= 0.6 is 0 Å². The highest BCUT2D eigenvalue weighted by Crippen LogP contribution is 2.22. The molecule has 0 aromatic heterocycles. The molecule has 5 heteroatoms. The van der Waals surface area contributed by atoms with Crippen LogP contribution in [0.4, 0.5) is 5.69 Å². The molecule has 0 saturated carbocycles. The number of hydrogen-bond donors (Lipinski definition) is 2. The van der Waals surface area contributed by atoms with Crippen LogP contribution in [0, 0.1) is 13.8 Å². The van der Waals surface area contributed by atoms with Crippen molar-refractivity contribution in [1.29, 1.82) is 0 Å². The molecule has 0 saturated heterocycles. The van der Waals surface area contributed by atoms with Crippen LogP contribution in [-0.2, 0) is 11.3 Å². The number of anilines is 1. The molecular formula is C25H26N2O3. The lowest BCUT2D eigenvalue weighted by Crippen LogP contribution is -2.32. The molecule has 0 aliphatic heterocycles. The van der Waals surface area contributed by atoms with Crippen LogP contribution in [0.5, 0.6) is 5.75 Å². The van der Waals surface area contributed by atoms with E-state index in [4.69, 9.17) is 4.74 Å². The van der Waals surface area contributed by atoms with Gasteiger partial charge >= 0.3 is 0 Å². The molecule has 3 aromatic rings. The van der Waals surface area contributed by atoms with Crippen LogP contribution < -0.4 is 15.4 Å². The lowest BCUT2D eigenvalue weighted by Gasteiger charge is -2.18. The first-order chi connectivity index (χ1) is 14.5. The minimum atomic E-state index is -0.717. The fourth-order valence-electron chi connectivity index (χ4n) is 2.99. The van der Waals surface area contributed by atoms with Crippen molar-refractivity contribution in [3.05, 3.63) is 95.1 Å². The van der Waals surface area contributed by atoms with Crippen molar-refractivity contribution in [1.82, 2.24) is 5.32 Å². The molecule has 0 aliphatic rings. The first kappa shape index (κ1) is 21.1. The summed E-state index contributed by atoms with van der Waals surface area (Å²) in [7, 11) is 0. The number of nitrogens with one attached hydrogen (secondary N) is 2. The normalized spacial score (nSPS) is 11.4. The molecule has 1 unspecified atom stereocenters. The van der Waals surface area contributed by atoms with Gasteiger partial charge in [0.1, 0.15) is 5.75 Å². The first-order valence-electron chi connectivity index (χ1n) is 9.90. The molecule has 0 heterocycles. The molecule has 2 N–H and O–H groups in total.